The molecule has 3 aromatic heterocycles. The van der Waals surface area contributed by atoms with E-state index in [1.807, 2.05) is 53.5 Å². The average molecular weight is 440 g/mol. The zero-order valence-corrected chi connectivity index (χ0v) is 18.8. The molecule has 1 spiro atoms. The van der Waals surface area contributed by atoms with Crippen molar-refractivity contribution in [1.82, 2.24) is 29.6 Å². The highest BCUT2D eigenvalue weighted by atomic mass is 15.3. The number of aromatic nitrogens is 5. The molecule has 5 heterocycles. The SMILES string of the molecule is c1cc(CN2CCCC3(CCN(c4cnc5ccccc5n4)CC3)C2)nc(-n2cccn2)c1. The van der Waals surface area contributed by atoms with E-state index in [2.05, 4.69) is 32.0 Å². The van der Waals surface area contributed by atoms with E-state index in [4.69, 9.17) is 9.97 Å². The lowest BCUT2D eigenvalue weighted by molar-refractivity contribution is 0.0597. The number of piperidine rings is 2. The molecule has 2 fully saturated rings. The van der Waals surface area contributed by atoms with Crippen molar-refractivity contribution >= 4 is 16.9 Å². The first-order valence-corrected chi connectivity index (χ1v) is 11.9. The molecule has 0 aliphatic carbocycles. The molecular formula is C26H29N7. The van der Waals surface area contributed by atoms with Gasteiger partial charge in [0.05, 0.1) is 22.9 Å². The highest BCUT2D eigenvalue weighted by Crippen LogP contribution is 2.41. The van der Waals surface area contributed by atoms with Gasteiger partial charge in [-0.25, -0.2) is 14.6 Å². The van der Waals surface area contributed by atoms with Crippen LogP contribution < -0.4 is 4.90 Å². The number of para-hydroxylation sites is 2. The number of anilines is 1. The zero-order valence-electron chi connectivity index (χ0n) is 18.8. The van der Waals surface area contributed by atoms with Crippen LogP contribution in [0.15, 0.2) is 67.1 Å². The van der Waals surface area contributed by atoms with Gasteiger partial charge in [0.2, 0.25) is 0 Å². The summed E-state index contributed by atoms with van der Waals surface area (Å²) in [5.74, 6) is 1.89. The molecule has 0 atom stereocenters. The fourth-order valence-electron chi connectivity index (χ4n) is 5.48. The Kier molecular flexibility index (Phi) is 5.26. The van der Waals surface area contributed by atoms with Crippen LogP contribution in [-0.2, 0) is 6.54 Å². The van der Waals surface area contributed by atoms with Crippen LogP contribution in [0.4, 0.5) is 5.82 Å². The molecule has 0 amide bonds. The second-order valence-electron chi connectivity index (χ2n) is 9.46. The van der Waals surface area contributed by atoms with E-state index < -0.39 is 0 Å². The molecule has 168 valence electrons. The summed E-state index contributed by atoms with van der Waals surface area (Å²) >= 11 is 0. The standard InChI is InChI=1S/C26H29N7/c1-2-8-23-22(7-1)27-18-25(30-23)32-16-11-26(12-17-32)10-4-14-31(20-26)19-21-6-3-9-24(29-21)33-15-5-13-28-33/h1-3,5-9,13,15,18H,4,10-12,14,16-17,19-20H2. The third-order valence-corrected chi connectivity index (χ3v) is 7.24. The van der Waals surface area contributed by atoms with Crippen LogP contribution in [0, 0.1) is 5.41 Å². The van der Waals surface area contributed by atoms with E-state index in [0.717, 1.165) is 61.1 Å². The van der Waals surface area contributed by atoms with E-state index in [1.54, 1.807) is 6.20 Å². The van der Waals surface area contributed by atoms with Gasteiger partial charge >= 0.3 is 0 Å². The Bertz CT molecular complexity index is 1230. The quantitative estimate of drug-likeness (QED) is 0.477. The van der Waals surface area contributed by atoms with Crippen LogP contribution in [0.5, 0.6) is 0 Å². The zero-order chi connectivity index (χ0) is 22.1. The maximum absolute atomic E-state index is 4.87. The first kappa shape index (κ1) is 20.3. The molecule has 7 heteroatoms. The molecule has 33 heavy (non-hydrogen) atoms. The maximum Gasteiger partial charge on any atom is 0.153 e. The van der Waals surface area contributed by atoms with Crippen molar-refractivity contribution in [2.75, 3.05) is 31.1 Å². The van der Waals surface area contributed by atoms with E-state index in [0.29, 0.717) is 5.41 Å². The van der Waals surface area contributed by atoms with Crippen molar-refractivity contribution in [2.45, 2.75) is 32.2 Å². The van der Waals surface area contributed by atoms with Gasteiger partial charge in [-0.05, 0) is 68.0 Å². The van der Waals surface area contributed by atoms with E-state index in [-0.39, 0.29) is 0 Å². The van der Waals surface area contributed by atoms with Crippen molar-refractivity contribution in [1.29, 1.82) is 0 Å². The smallest absolute Gasteiger partial charge is 0.153 e. The third kappa shape index (κ3) is 4.20. The summed E-state index contributed by atoms with van der Waals surface area (Å²) in [6, 6.07) is 16.3. The summed E-state index contributed by atoms with van der Waals surface area (Å²) < 4.78 is 1.83. The predicted octanol–water partition coefficient (Wildman–Crippen LogP) is 4.09. The average Bonchev–Trinajstić information content (AvgIpc) is 3.40. The number of benzene rings is 1. The molecule has 4 aromatic rings. The van der Waals surface area contributed by atoms with Gasteiger partial charge in [-0.3, -0.25) is 9.88 Å². The number of nitrogens with zero attached hydrogens (tertiary/aromatic N) is 7. The summed E-state index contributed by atoms with van der Waals surface area (Å²) in [4.78, 5) is 19.4. The number of hydrogen-bond acceptors (Lipinski definition) is 6. The van der Waals surface area contributed by atoms with Crippen molar-refractivity contribution in [3.8, 4) is 5.82 Å². The van der Waals surface area contributed by atoms with Gasteiger partial charge in [0.25, 0.3) is 0 Å². The van der Waals surface area contributed by atoms with Crippen LogP contribution in [0.1, 0.15) is 31.4 Å². The molecule has 0 N–H and O–H groups in total. The molecule has 6 rings (SSSR count). The Morgan fingerprint density at radius 3 is 2.55 bits per heavy atom. The van der Waals surface area contributed by atoms with Crippen LogP contribution in [0.2, 0.25) is 0 Å². The molecule has 0 unspecified atom stereocenters. The second-order valence-corrected chi connectivity index (χ2v) is 9.46. The van der Waals surface area contributed by atoms with Crippen LogP contribution in [-0.4, -0.2) is 55.8 Å². The largest absolute Gasteiger partial charge is 0.355 e. The normalized spacial score (nSPS) is 18.7. The predicted molar refractivity (Wildman–Crippen MR) is 129 cm³/mol. The molecule has 7 nitrogen and oxygen atoms in total. The summed E-state index contributed by atoms with van der Waals surface area (Å²) in [5, 5.41) is 4.32. The number of likely N-dealkylation sites (tertiary alicyclic amines) is 1. The van der Waals surface area contributed by atoms with Crippen LogP contribution in [0.25, 0.3) is 16.9 Å². The minimum atomic E-state index is 0.401. The lowest BCUT2D eigenvalue weighted by atomic mass is 9.72. The van der Waals surface area contributed by atoms with E-state index >= 15 is 0 Å². The lowest BCUT2D eigenvalue weighted by Gasteiger charge is -2.48. The highest BCUT2D eigenvalue weighted by molar-refractivity contribution is 5.75. The molecule has 0 saturated carbocycles. The molecule has 2 saturated heterocycles. The molecule has 2 aliphatic rings. The Labute approximate surface area is 194 Å². The van der Waals surface area contributed by atoms with Gasteiger partial charge in [-0.15, -0.1) is 0 Å². The summed E-state index contributed by atoms with van der Waals surface area (Å²) in [6.45, 7) is 5.30. The minimum absolute atomic E-state index is 0.401. The Balaban J connectivity index is 1.11. The lowest BCUT2D eigenvalue weighted by Crippen LogP contribution is -2.49. The van der Waals surface area contributed by atoms with Gasteiger partial charge in [-0.1, -0.05) is 18.2 Å². The third-order valence-electron chi connectivity index (χ3n) is 7.24. The van der Waals surface area contributed by atoms with E-state index in [1.165, 1.54) is 25.7 Å². The fraction of sp³-hybridized carbons (Fsp3) is 0.385. The number of pyridine rings is 1. The van der Waals surface area contributed by atoms with Crippen molar-refractivity contribution in [3.63, 3.8) is 0 Å². The molecule has 2 aliphatic heterocycles. The minimum Gasteiger partial charge on any atom is -0.355 e. The Morgan fingerprint density at radius 1 is 0.818 bits per heavy atom. The molecule has 0 bridgehead atoms. The molecular weight excluding hydrogens is 410 g/mol. The van der Waals surface area contributed by atoms with Gasteiger partial charge in [-0.2, -0.15) is 5.10 Å². The second kappa shape index (κ2) is 8.56. The first-order chi connectivity index (χ1) is 16.3. The molecule has 1 aromatic carbocycles. The number of fused-ring (bicyclic) bond motifs is 1. The Morgan fingerprint density at radius 2 is 1.70 bits per heavy atom. The molecule has 0 radical (unpaired) electrons. The monoisotopic (exact) mass is 439 g/mol. The topological polar surface area (TPSA) is 63.0 Å². The first-order valence-electron chi connectivity index (χ1n) is 11.9. The van der Waals surface area contributed by atoms with Gasteiger partial charge in [0, 0.05) is 38.6 Å². The number of rotatable bonds is 4. The summed E-state index contributed by atoms with van der Waals surface area (Å²) in [6.07, 6.45) is 10.7. The van der Waals surface area contributed by atoms with E-state index in [9.17, 15) is 0 Å². The Hall–Kier alpha value is -3.32. The summed E-state index contributed by atoms with van der Waals surface area (Å²) in [5.41, 5.74) is 3.45. The fourth-order valence-corrected chi connectivity index (χ4v) is 5.48. The van der Waals surface area contributed by atoms with Gasteiger partial charge in [0.15, 0.2) is 5.82 Å². The van der Waals surface area contributed by atoms with Crippen molar-refractivity contribution in [2.24, 2.45) is 5.41 Å². The van der Waals surface area contributed by atoms with Crippen LogP contribution in [0.3, 0.4) is 0 Å². The highest BCUT2D eigenvalue weighted by Gasteiger charge is 2.38. The number of hydrogen-bond donors (Lipinski definition) is 0. The van der Waals surface area contributed by atoms with Gasteiger partial charge < -0.3 is 4.90 Å². The van der Waals surface area contributed by atoms with Crippen molar-refractivity contribution < 1.29 is 0 Å². The summed E-state index contributed by atoms with van der Waals surface area (Å²) in [7, 11) is 0. The van der Waals surface area contributed by atoms with Crippen molar-refractivity contribution in [3.05, 3.63) is 72.8 Å². The van der Waals surface area contributed by atoms with Gasteiger partial charge in [0.1, 0.15) is 5.82 Å². The maximum atomic E-state index is 4.87. The van der Waals surface area contributed by atoms with Crippen LogP contribution >= 0.6 is 0 Å².